The Hall–Kier alpha value is -2.76. The van der Waals surface area contributed by atoms with Gasteiger partial charge in [0.05, 0.1) is 17.1 Å². The molecular weight excluding hydrogens is 260 g/mol. The lowest BCUT2D eigenvalue weighted by molar-refractivity contribution is -0.384. The number of ether oxygens (including phenoxy) is 1. The second-order valence-corrected chi connectivity index (χ2v) is 4.05. The molecule has 0 spiro atoms. The van der Waals surface area contributed by atoms with Gasteiger partial charge in [-0.2, -0.15) is 0 Å². The van der Waals surface area contributed by atoms with Crippen LogP contribution in [-0.4, -0.2) is 22.8 Å². The van der Waals surface area contributed by atoms with Crippen molar-refractivity contribution in [2.75, 3.05) is 6.61 Å². The van der Waals surface area contributed by atoms with E-state index in [1.165, 1.54) is 18.2 Å². The molecule has 0 aliphatic carbocycles. The van der Waals surface area contributed by atoms with E-state index < -0.39 is 4.92 Å². The summed E-state index contributed by atoms with van der Waals surface area (Å²) in [4.78, 5) is 24.9. The highest BCUT2D eigenvalue weighted by atomic mass is 16.6. The molecule has 102 valence electrons. The van der Waals surface area contributed by atoms with Crippen molar-refractivity contribution in [3.05, 3.63) is 64.0 Å². The third kappa shape index (κ3) is 3.38. The van der Waals surface area contributed by atoms with Crippen LogP contribution in [0.2, 0.25) is 0 Å². The second kappa shape index (κ2) is 6.42. The summed E-state index contributed by atoms with van der Waals surface area (Å²) in [6.07, 6.45) is 4.60. The van der Waals surface area contributed by atoms with Crippen LogP contribution in [0.25, 0.3) is 0 Å². The number of nitro benzene ring substituents is 1. The largest absolute Gasteiger partial charge is 0.492 e. The van der Waals surface area contributed by atoms with Crippen molar-refractivity contribution in [2.45, 2.75) is 6.42 Å². The second-order valence-electron chi connectivity index (χ2n) is 4.05. The predicted octanol–water partition coefficient (Wildman–Crippen LogP) is 2.42. The van der Waals surface area contributed by atoms with Crippen molar-refractivity contribution in [2.24, 2.45) is 0 Å². The Balaban J connectivity index is 2.02. The summed E-state index contributed by atoms with van der Waals surface area (Å²) < 4.78 is 5.49. The van der Waals surface area contributed by atoms with E-state index in [4.69, 9.17) is 4.74 Å². The van der Waals surface area contributed by atoms with Crippen LogP contribution < -0.4 is 4.74 Å². The molecule has 1 aromatic heterocycles. The quantitative estimate of drug-likeness (QED) is 0.458. The summed E-state index contributed by atoms with van der Waals surface area (Å²) in [6, 6.07) is 7.71. The number of pyridine rings is 1. The minimum absolute atomic E-state index is 0.131. The van der Waals surface area contributed by atoms with Crippen LogP contribution in [0.5, 0.6) is 5.75 Å². The lowest BCUT2D eigenvalue weighted by atomic mass is 10.2. The maximum absolute atomic E-state index is 10.9. The molecule has 0 aliphatic heterocycles. The lowest BCUT2D eigenvalue weighted by Crippen LogP contribution is -2.03. The number of nitro groups is 1. The fourth-order valence-corrected chi connectivity index (χ4v) is 1.70. The van der Waals surface area contributed by atoms with Crippen LogP contribution in [0.1, 0.15) is 15.9 Å². The van der Waals surface area contributed by atoms with E-state index in [2.05, 4.69) is 4.98 Å². The molecule has 0 radical (unpaired) electrons. The minimum atomic E-state index is -0.548. The molecule has 2 rings (SSSR count). The average molecular weight is 272 g/mol. The van der Waals surface area contributed by atoms with Crippen LogP contribution in [-0.2, 0) is 6.42 Å². The predicted molar refractivity (Wildman–Crippen MR) is 71.9 cm³/mol. The highest BCUT2D eigenvalue weighted by molar-refractivity contribution is 5.80. The number of benzene rings is 1. The highest BCUT2D eigenvalue weighted by Crippen LogP contribution is 2.22. The summed E-state index contributed by atoms with van der Waals surface area (Å²) >= 11 is 0. The molecule has 0 bridgehead atoms. The number of hydrogen-bond acceptors (Lipinski definition) is 5. The van der Waals surface area contributed by atoms with E-state index in [0.29, 0.717) is 25.1 Å². The topological polar surface area (TPSA) is 82.3 Å². The number of non-ortho nitro benzene ring substituents is 1. The third-order valence-corrected chi connectivity index (χ3v) is 2.73. The van der Waals surface area contributed by atoms with Gasteiger partial charge in [0.15, 0.2) is 6.29 Å². The van der Waals surface area contributed by atoms with Gasteiger partial charge in [-0.05, 0) is 23.8 Å². The van der Waals surface area contributed by atoms with Crippen molar-refractivity contribution in [1.29, 1.82) is 0 Å². The van der Waals surface area contributed by atoms with Crippen molar-refractivity contribution in [3.63, 3.8) is 0 Å². The van der Waals surface area contributed by atoms with Gasteiger partial charge >= 0.3 is 0 Å². The standard InChI is InChI=1S/C14H12N2O4/c17-10-12-9-13(16(18)19)1-2-14(12)20-8-5-11-3-6-15-7-4-11/h1-4,6-7,9-10H,5,8H2. The van der Waals surface area contributed by atoms with Gasteiger partial charge in [-0.1, -0.05) is 0 Å². The van der Waals surface area contributed by atoms with Gasteiger partial charge < -0.3 is 4.74 Å². The van der Waals surface area contributed by atoms with E-state index in [1.807, 2.05) is 12.1 Å². The molecule has 0 N–H and O–H groups in total. The Morgan fingerprint density at radius 2 is 2.00 bits per heavy atom. The molecule has 6 nitrogen and oxygen atoms in total. The molecule has 0 saturated carbocycles. The Morgan fingerprint density at radius 1 is 1.25 bits per heavy atom. The van der Waals surface area contributed by atoms with Gasteiger partial charge in [0.25, 0.3) is 5.69 Å². The first kappa shape index (κ1) is 13.7. The average Bonchev–Trinajstić information content (AvgIpc) is 2.48. The first-order chi connectivity index (χ1) is 9.70. The van der Waals surface area contributed by atoms with Crippen molar-refractivity contribution < 1.29 is 14.5 Å². The van der Waals surface area contributed by atoms with Crippen LogP contribution in [0.3, 0.4) is 0 Å². The van der Waals surface area contributed by atoms with Crippen molar-refractivity contribution >= 4 is 12.0 Å². The van der Waals surface area contributed by atoms with Gasteiger partial charge in [0, 0.05) is 30.9 Å². The molecule has 1 aromatic carbocycles. The molecule has 6 heteroatoms. The van der Waals surface area contributed by atoms with Crippen LogP contribution >= 0.6 is 0 Å². The van der Waals surface area contributed by atoms with Crippen molar-refractivity contribution in [3.8, 4) is 5.75 Å². The first-order valence-electron chi connectivity index (χ1n) is 5.96. The first-order valence-corrected chi connectivity index (χ1v) is 5.96. The molecule has 0 fully saturated rings. The Bertz CT molecular complexity index is 614. The molecule has 0 atom stereocenters. The van der Waals surface area contributed by atoms with E-state index in [1.54, 1.807) is 12.4 Å². The zero-order valence-corrected chi connectivity index (χ0v) is 10.6. The third-order valence-electron chi connectivity index (χ3n) is 2.73. The Labute approximate surface area is 115 Å². The molecule has 20 heavy (non-hydrogen) atoms. The number of nitrogens with zero attached hydrogens (tertiary/aromatic N) is 2. The summed E-state index contributed by atoms with van der Waals surface area (Å²) in [5, 5.41) is 10.6. The number of carbonyl (C=O) groups excluding carboxylic acids is 1. The van der Waals surface area contributed by atoms with Crippen molar-refractivity contribution in [1.82, 2.24) is 4.98 Å². The van der Waals surface area contributed by atoms with Crippen LogP contribution in [0.4, 0.5) is 5.69 Å². The number of carbonyl (C=O) groups is 1. The Morgan fingerprint density at radius 3 is 2.65 bits per heavy atom. The molecule has 0 aliphatic rings. The molecule has 0 amide bonds. The normalized spacial score (nSPS) is 10.0. The fourth-order valence-electron chi connectivity index (χ4n) is 1.70. The number of hydrogen-bond donors (Lipinski definition) is 0. The summed E-state index contributed by atoms with van der Waals surface area (Å²) in [6.45, 7) is 0.378. The van der Waals surface area contributed by atoms with Gasteiger partial charge in [-0.3, -0.25) is 19.9 Å². The van der Waals surface area contributed by atoms with E-state index in [-0.39, 0.29) is 11.3 Å². The monoisotopic (exact) mass is 272 g/mol. The van der Waals surface area contributed by atoms with Gasteiger partial charge in [0.1, 0.15) is 5.75 Å². The Kier molecular flexibility index (Phi) is 4.39. The number of aldehydes is 1. The van der Waals surface area contributed by atoms with E-state index in [9.17, 15) is 14.9 Å². The molecule has 1 heterocycles. The van der Waals surface area contributed by atoms with Crippen LogP contribution in [0, 0.1) is 10.1 Å². The number of aromatic nitrogens is 1. The summed E-state index contributed by atoms with van der Waals surface area (Å²) in [5.74, 6) is 0.347. The summed E-state index contributed by atoms with van der Waals surface area (Å²) in [5.41, 5.74) is 1.11. The SMILES string of the molecule is O=Cc1cc([N+](=O)[O-])ccc1OCCc1ccncc1. The van der Waals surface area contributed by atoms with E-state index in [0.717, 1.165) is 5.56 Å². The van der Waals surface area contributed by atoms with Gasteiger partial charge in [-0.15, -0.1) is 0 Å². The number of rotatable bonds is 6. The maximum atomic E-state index is 10.9. The zero-order valence-electron chi connectivity index (χ0n) is 10.6. The van der Waals surface area contributed by atoms with Crippen LogP contribution in [0.15, 0.2) is 42.7 Å². The van der Waals surface area contributed by atoms with Gasteiger partial charge in [0.2, 0.25) is 0 Å². The molecular formula is C14H12N2O4. The minimum Gasteiger partial charge on any atom is -0.492 e. The molecule has 0 saturated heterocycles. The van der Waals surface area contributed by atoms with E-state index >= 15 is 0 Å². The fraction of sp³-hybridized carbons (Fsp3) is 0.143. The zero-order chi connectivity index (χ0) is 14.4. The molecule has 0 unspecified atom stereocenters. The summed E-state index contributed by atoms with van der Waals surface area (Å²) in [7, 11) is 0. The smallest absolute Gasteiger partial charge is 0.270 e. The highest BCUT2D eigenvalue weighted by Gasteiger charge is 2.11. The maximum Gasteiger partial charge on any atom is 0.270 e. The molecule has 2 aromatic rings. The van der Waals surface area contributed by atoms with Gasteiger partial charge in [-0.25, -0.2) is 0 Å². The lowest BCUT2D eigenvalue weighted by Gasteiger charge is -2.08.